The van der Waals surface area contributed by atoms with Gasteiger partial charge in [0, 0.05) is 5.02 Å². The van der Waals surface area contributed by atoms with Crippen LogP contribution < -0.4 is 5.32 Å². The van der Waals surface area contributed by atoms with Gasteiger partial charge in [-0.15, -0.1) is 0 Å². The van der Waals surface area contributed by atoms with Crippen molar-refractivity contribution in [3.05, 3.63) is 34.3 Å². The lowest BCUT2D eigenvalue weighted by atomic mass is 9.90. The first-order valence-corrected chi connectivity index (χ1v) is 6.41. The Hall–Kier alpha value is -0.740. The Kier molecular flexibility index (Phi) is 4.17. The lowest BCUT2D eigenvalue weighted by Gasteiger charge is -2.24. The quantitative estimate of drug-likeness (QED) is 0.864. The van der Waals surface area contributed by atoms with Crippen LogP contribution >= 0.6 is 11.6 Å². The second-order valence-electron chi connectivity index (χ2n) is 4.72. The van der Waals surface area contributed by atoms with E-state index in [4.69, 9.17) is 11.6 Å². The highest BCUT2D eigenvalue weighted by Gasteiger charge is 2.34. The summed E-state index contributed by atoms with van der Waals surface area (Å²) < 4.78 is 38.7. The zero-order chi connectivity index (χ0) is 13.2. The van der Waals surface area contributed by atoms with E-state index in [-0.39, 0.29) is 10.9 Å². The van der Waals surface area contributed by atoms with Crippen molar-refractivity contribution in [2.75, 3.05) is 13.1 Å². The zero-order valence-electron chi connectivity index (χ0n) is 9.86. The van der Waals surface area contributed by atoms with E-state index in [1.165, 1.54) is 12.1 Å². The van der Waals surface area contributed by atoms with Crippen LogP contribution in [0.1, 0.15) is 24.0 Å². The number of alkyl halides is 3. The molecule has 1 aromatic rings. The molecule has 0 aromatic heterocycles. The molecule has 1 saturated heterocycles. The fourth-order valence-electron chi connectivity index (χ4n) is 2.40. The summed E-state index contributed by atoms with van der Waals surface area (Å²) in [4.78, 5) is 0. The van der Waals surface area contributed by atoms with Crippen molar-refractivity contribution >= 4 is 11.6 Å². The van der Waals surface area contributed by atoms with Crippen molar-refractivity contribution < 1.29 is 13.2 Å². The molecule has 2 rings (SSSR count). The third-order valence-corrected chi connectivity index (χ3v) is 3.52. The highest BCUT2D eigenvalue weighted by atomic mass is 35.5. The van der Waals surface area contributed by atoms with E-state index in [1.807, 2.05) is 0 Å². The molecule has 0 aliphatic carbocycles. The normalized spacial score (nSPS) is 21.0. The molecule has 0 saturated carbocycles. The highest BCUT2D eigenvalue weighted by Crippen LogP contribution is 2.35. The van der Waals surface area contributed by atoms with E-state index in [9.17, 15) is 13.2 Å². The number of halogens is 4. The summed E-state index contributed by atoms with van der Waals surface area (Å²) >= 11 is 5.65. The molecule has 1 aliphatic heterocycles. The van der Waals surface area contributed by atoms with Gasteiger partial charge in [-0.1, -0.05) is 17.7 Å². The average Bonchev–Trinajstić information content (AvgIpc) is 2.31. The molecule has 0 bridgehead atoms. The summed E-state index contributed by atoms with van der Waals surface area (Å²) in [6.07, 6.45) is -1.87. The minimum Gasteiger partial charge on any atom is -0.316 e. The maximum atomic E-state index is 12.9. The fraction of sp³-hybridized carbons (Fsp3) is 0.538. The molecule has 5 heteroatoms. The molecule has 0 radical (unpaired) electrons. The molecule has 1 aromatic carbocycles. The third-order valence-electron chi connectivity index (χ3n) is 3.28. The molecule has 0 spiro atoms. The summed E-state index contributed by atoms with van der Waals surface area (Å²) in [5.74, 6) is 0.279. The lowest BCUT2D eigenvalue weighted by Crippen LogP contribution is -2.31. The Balaban J connectivity index is 2.21. The van der Waals surface area contributed by atoms with Crippen molar-refractivity contribution in [3.63, 3.8) is 0 Å². The number of benzene rings is 1. The highest BCUT2D eigenvalue weighted by molar-refractivity contribution is 6.30. The molecule has 18 heavy (non-hydrogen) atoms. The van der Waals surface area contributed by atoms with E-state index in [2.05, 4.69) is 5.32 Å². The van der Waals surface area contributed by atoms with Crippen LogP contribution in [0.15, 0.2) is 18.2 Å². The van der Waals surface area contributed by atoms with Crippen LogP contribution in [0, 0.1) is 5.92 Å². The summed E-state index contributed by atoms with van der Waals surface area (Å²) in [6, 6.07) is 4.05. The fourth-order valence-corrected chi connectivity index (χ4v) is 2.57. The average molecular weight is 278 g/mol. The van der Waals surface area contributed by atoms with Crippen LogP contribution in [-0.2, 0) is 12.6 Å². The van der Waals surface area contributed by atoms with Crippen LogP contribution in [0.5, 0.6) is 0 Å². The van der Waals surface area contributed by atoms with Crippen LogP contribution in [0.4, 0.5) is 13.2 Å². The Bertz CT molecular complexity index is 411. The summed E-state index contributed by atoms with van der Waals surface area (Å²) in [5.41, 5.74) is -0.249. The standard InChI is InChI=1S/C13H15ClF3N/c14-11-4-3-10(12(7-11)13(15,16)17)6-9-2-1-5-18-8-9/h3-4,7,9,18H,1-2,5-6,8H2. The second-order valence-corrected chi connectivity index (χ2v) is 5.15. The zero-order valence-corrected chi connectivity index (χ0v) is 10.6. The Morgan fingerprint density at radius 2 is 2.11 bits per heavy atom. The first-order valence-electron chi connectivity index (χ1n) is 6.03. The lowest BCUT2D eigenvalue weighted by molar-refractivity contribution is -0.138. The number of rotatable bonds is 2. The van der Waals surface area contributed by atoms with E-state index < -0.39 is 11.7 Å². The first kappa shape index (κ1) is 13.7. The van der Waals surface area contributed by atoms with Crippen LogP contribution in [0.3, 0.4) is 0 Å². The Labute approximate surface area is 109 Å². The minimum atomic E-state index is -4.33. The summed E-state index contributed by atoms with van der Waals surface area (Å²) in [5, 5.41) is 3.35. The summed E-state index contributed by atoms with van der Waals surface area (Å²) in [7, 11) is 0. The molecular weight excluding hydrogens is 263 g/mol. The predicted molar refractivity (Wildman–Crippen MR) is 65.8 cm³/mol. The maximum absolute atomic E-state index is 12.9. The van der Waals surface area contributed by atoms with Crippen molar-refractivity contribution in [3.8, 4) is 0 Å². The number of nitrogens with one attached hydrogen (secondary N) is 1. The van der Waals surface area contributed by atoms with Gasteiger partial charge in [-0.05, 0) is 56.0 Å². The number of hydrogen-bond donors (Lipinski definition) is 1. The van der Waals surface area contributed by atoms with E-state index in [1.54, 1.807) is 0 Å². The molecule has 1 N–H and O–H groups in total. The smallest absolute Gasteiger partial charge is 0.316 e. The van der Waals surface area contributed by atoms with E-state index in [0.29, 0.717) is 12.0 Å². The molecule has 1 unspecified atom stereocenters. The molecule has 0 amide bonds. The van der Waals surface area contributed by atoms with Crippen LogP contribution in [0.25, 0.3) is 0 Å². The number of piperidine rings is 1. The van der Waals surface area contributed by atoms with Crippen molar-refractivity contribution in [2.24, 2.45) is 5.92 Å². The van der Waals surface area contributed by atoms with Gasteiger partial charge in [0.2, 0.25) is 0 Å². The third kappa shape index (κ3) is 3.39. The molecular formula is C13H15ClF3N. The van der Waals surface area contributed by atoms with Crippen molar-refractivity contribution in [1.29, 1.82) is 0 Å². The molecule has 1 fully saturated rings. The molecule has 1 aliphatic rings. The van der Waals surface area contributed by atoms with Gasteiger partial charge in [0.15, 0.2) is 0 Å². The minimum absolute atomic E-state index is 0.132. The maximum Gasteiger partial charge on any atom is 0.416 e. The van der Waals surface area contributed by atoms with Gasteiger partial charge in [-0.25, -0.2) is 0 Å². The molecule has 1 atom stereocenters. The van der Waals surface area contributed by atoms with Gasteiger partial charge in [0.25, 0.3) is 0 Å². The molecule has 100 valence electrons. The van der Waals surface area contributed by atoms with E-state index in [0.717, 1.165) is 32.0 Å². The van der Waals surface area contributed by atoms with Gasteiger partial charge >= 0.3 is 6.18 Å². The second kappa shape index (κ2) is 5.49. The predicted octanol–water partition coefficient (Wildman–Crippen LogP) is 3.90. The first-order chi connectivity index (χ1) is 8.47. The van der Waals surface area contributed by atoms with E-state index >= 15 is 0 Å². The van der Waals surface area contributed by atoms with Gasteiger partial charge in [-0.3, -0.25) is 0 Å². The molecule has 1 heterocycles. The Morgan fingerprint density at radius 3 is 2.72 bits per heavy atom. The molecule has 1 nitrogen and oxygen atoms in total. The SMILES string of the molecule is FC(F)(F)c1cc(Cl)ccc1CC1CCCNC1. The van der Waals surface area contributed by atoms with Crippen LogP contribution in [-0.4, -0.2) is 13.1 Å². The van der Waals surface area contributed by atoms with Crippen molar-refractivity contribution in [2.45, 2.75) is 25.4 Å². The monoisotopic (exact) mass is 277 g/mol. The van der Waals surface area contributed by atoms with Crippen LogP contribution in [0.2, 0.25) is 5.02 Å². The largest absolute Gasteiger partial charge is 0.416 e. The number of hydrogen-bond acceptors (Lipinski definition) is 1. The van der Waals surface area contributed by atoms with Crippen molar-refractivity contribution in [1.82, 2.24) is 5.32 Å². The van der Waals surface area contributed by atoms with Gasteiger partial charge in [0.1, 0.15) is 0 Å². The van der Waals surface area contributed by atoms with Gasteiger partial charge in [-0.2, -0.15) is 13.2 Å². The summed E-state index contributed by atoms with van der Waals surface area (Å²) in [6.45, 7) is 1.75. The van der Waals surface area contributed by atoms with Gasteiger partial charge < -0.3 is 5.32 Å². The van der Waals surface area contributed by atoms with Gasteiger partial charge in [0.05, 0.1) is 5.56 Å². The topological polar surface area (TPSA) is 12.0 Å². The Morgan fingerprint density at radius 1 is 1.33 bits per heavy atom.